The van der Waals surface area contributed by atoms with E-state index in [1.54, 1.807) is 6.20 Å². The van der Waals surface area contributed by atoms with Crippen LogP contribution in [0.5, 0.6) is 0 Å². The van der Waals surface area contributed by atoms with E-state index in [2.05, 4.69) is 20.5 Å². The molecule has 4 rings (SSSR count). The zero-order valence-corrected chi connectivity index (χ0v) is 18.6. The van der Waals surface area contributed by atoms with Gasteiger partial charge in [0.25, 0.3) is 0 Å². The number of carbonyl (C=O) groups is 2. The molecule has 1 aromatic heterocycles. The van der Waals surface area contributed by atoms with Crippen molar-refractivity contribution in [3.8, 4) is 0 Å². The molecular weight excluding hydrogens is 414 g/mol. The molecule has 33 heavy (non-hydrogen) atoms. The molecule has 1 atom stereocenters. The lowest BCUT2D eigenvalue weighted by molar-refractivity contribution is -0.131. The highest BCUT2D eigenvalue weighted by atomic mass is 16.2. The van der Waals surface area contributed by atoms with Gasteiger partial charge in [-0.1, -0.05) is 54.6 Å². The number of hydrogen-bond donors (Lipinski definition) is 2. The lowest BCUT2D eigenvalue weighted by Gasteiger charge is -2.35. The molecule has 2 N–H and O–H groups in total. The van der Waals surface area contributed by atoms with E-state index in [0.29, 0.717) is 26.1 Å². The molecule has 1 aliphatic heterocycles. The summed E-state index contributed by atoms with van der Waals surface area (Å²) < 4.78 is 0. The standard InChI is InChI=1S/C26H29N5O2/c32-24(31-19-17-30(18-20-31)23-13-7-8-15-27-23)14-16-28-25(21-9-3-1-4-10-21)26(33)29-22-11-5-2-6-12-22/h1-13,15,25,28H,14,16-20H2,(H,29,33). The van der Waals surface area contributed by atoms with Crippen molar-refractivity contribution in [1.29, 1.82) is 0 Å². The Bertz CT molecular complexity index is 1020. The van der Waals surface area contributed by atoms with Crippen molar-refractivity contribution >= 4 is 23.3 Å². The molecule has 1 aliphatic rings. The molecule has 0 aliphatic carbocycles. The number of carbonyl (C=O) groups excluding carboxylic acids is 2. The van der Waals surface area contributed by atoms with E-state index >= 15 is 0 Å². The van der Waals surface area contributed by atoms with Crippen LogP contribution in [0.25, 0.3) is 0 Å². The molecule has 7 heteroatoms. The summed E-state index contributed by atoms with van der Waals surface area (Å²) in [5.74, 6) is 0.892. The van der Waals surface area contributed by atoms with Gasteiger partial charge in [0.15, 0.2) is 0 Å². The van der Waals surface area contributed by atoms with Crippen molar-refractivity contribution in [1.82, 2.24) is 15.2 Å². The van der Waals surface area contributed by atoms with Gasteiger partial charge >= 0.3 is 0 Å². The molecule has 170 valence electrons. The fraction of sp³-hybridized carbons (Fsp3) is 0.269. The van der Waals surface area contributed by atoms with Crippen molar-refractivity contribution in [2.24, 2.45) is 0 Å². The molecule has 1 fully saturated rings. The van der Waals surface area contributed by atoms with E-state index in [9.17, 15) is 9.59 Å². The average molecular weight is 444 g/mol. The Labute approximate surface area is 194 Å². The normalized spacial score (nSPS) is 14.5. The molecular formula is C26H29N5O2. The minimum Gasteiger partial charge on any atom is -0.353 e. The van der Waals surface area contributed by atoms with Gasteiger partial charge in [-0.2, -0.15) is 0 Å². The lowest BCUT2D eigenvalue weighted by Crippen LogP contribution is -2.49. The van der Waals surface area contributed by atoms with Crippen molar-refractivity contribution in [3.63, 3.8) is 0 Å². The Hall–Kier alpha value is -3.71. The zero-order chi connectivity index (χ0) is 22.9. The Morgan fingerprint density at radius 3 is 2.18 bits per heavy atom. The summed E-state index contributed by atoms with van der Waals surface area (Å²) in [6, 6.07) is 24.3. The highest BCUT2D eigenvalue weighted by Crippen LogP contribution is 2.17. The van der Waals surface area contributed by atoms with Crippen LogP contribution in [0.2, 0.25) is 0 Å². The molecule has 0 spiro atoms. The van der Waals surface area contributed by atoms with E-state index in [1.165, 1.54) is 0 Å². The number of aromatic nitrogens is 1. The molecule has 2 aromatic carbocycles. The van der Waals surface area contributed by atoms with Crippen molar-refractivity contribution < 1.29 is 9.59 Å². The molecule has 2 amide bonds. The van der Waals surface area contributed by atoms with E-state index < -0.39 is 6.04 Å². The van der Waals surface area contributed by atoms with E-state index in [-0.39, 0.29) is 11.8 Å². The number of benzene rings is 2. The third-order valence-corrected chi connectivity index (χ3v) is 5.73. The SMILES string of the molecule is O=C(Nc1ccccc1)C(NCCC(=O)N1CCN(c2ccccn2)CC1)c1ccccc1. The highest BCUT2D eigenvalue weighted by molar-refractivity contribution is 5.95. The van der Waals surface area contributed by atoms with Gasteiger partial charge in [-0.05, 0) is 29.8 Å². The maximum atomic E-state index is 13.0. The van der Waals surface area contributed by atoms with Gasteiger partial charge in [0, 0.05) is 51.0 Å². The molecule has 3 aromatic rings. The third kappa shape index (κ3) is 6.17. The number of hydrogen-bond acceptors (Lipinski definition) is 5. The first-order valence-electron chi connectivity index (χ1n) is 11.3. The largest absolute Gasteiger partial charge is 0.353 e. The Morgan fingerprint density at radius 2 is 1.52 bits per heavy atom. The number of rotatable bonds is 8. The van der Waals surface area contributed by atoms with Gasteiger partial charge in [-0.25, -0.2) is 4.98 Å². The number of amides is 2. The summed E-state index contributed by atoms with van der Waals surface area (Å²) in [6.45, 7) is 3.30. The Morgan fingerprint density at radius 1 is 0.848 bits per heavy atom. The summed E-state index contributed by atoms with van der Waals surface area (Å²) in [5.41, 5.74) is 1.61. The lowest BCUT2D eigenvalue weighted by atomic mass is 10.1. The van der Waals surface area contributed by atoms with E-state index in [4.69, 9.17) is 0 Å². The van der Waals surface area contributed by atoms with Crippen LogP contribution in [0.3, 0.4) is 0 Å². The highest BCUT2D eigenvalue weighted by Gasteiger charge is 2.23. The Kier molecular flexibility index (Phi) is 7.66. The van der Waals surface area contributed by atoms with Crippen LogP contribution in [0.1, 0.15) is 18.0 Å². The molecule has 0 saturated carbocycles. The fourth-order valence-corrected chi connectivity index (χ4v) is 3.95. The number of nitrogens with zero attached hydrogens (tertiary/aromatic N) is 3. The maximum Gasteiger partial charge on any atom is 0.246 e. The van der Waals surface area contributed by atoms with Gasteiger partial charge in [0.2, 0.25) is 11.8 Å². The molecule has 0 radical (unpaired) electrons. The van der Waals surface area contributed by atoms with E-state index in [0.717, 1.165) is 30.2 Å². The predicted octanol–water partition coefficient (Wildman–Crippen LogP) is 3.09. The summed E-state index contributed by atoms with van der Waals surface area (Å²) in [7, 11) is 0. The number of pyridine rings is 1. The maximum absolute atomic E-state index is 13.0. The smallest absolute Gasteiger partial charge is 0.246 e. The third-order valence-electron chi connectivity index (χ3n) is 5.73. The van der Waals surface area contributed by atoms with Crippen LogP contribution >= 0.6 is 0 Å². The van der Waals surface area contributed by atoms with Gasteiger partial charge in [0.05, 0.1) is 0 Å². The van der Waals surface area contributed by atoms with Gasteiger partial charge in [-0.15, -0.1) is 0 Å². The van der Waals surface area contributed by atoms with Crippen LogP contribution in [-0.2, 0) is 9.59 Å². The minimum absolute atomic E-state index is 0.0958. The number of nitrogens with one attached hydrogen (secondary N) is 2. The fourth-order valence-electron chi connectivity index (χ4n) is 3.95. The summed E-state index contributed by atoms with van der Waals surface area (Å²) in [5, 5.41) is 6.23. The first kappa shape index (κ1) is 22.5. The average Bonchev–Trinajstić information content (AvgIpc) is 2.88. The van der Waals surface area contributed by atoms with Crippen LogP contribution in [0.15, 0.2) is 85.1 Å². The molecule has 1 saturated heterocycles. The predicted molar refractivity (Wildman–Crippen MR) is 130 cm³/mol. The van der Waals surface area contributed by atoms with Crippen molar-refractivity contribution in [2.45, 2.75) is 12.5 Å². The second-order valence-electron chi connectivity index (χ2n) is 7.96. The van der Waals surface area contributed by atoms with Crippen LogP contribution in [0, 0.1) is 0 Å². The second-order valence-corrected chi connectivity index (χ2v) is 7.96. The molecule has 0 bridgehead atoms. The van der Waals surface area contributed by atoms with Gasteiger partial charge in [0.1, 0.15) is 11.9 Å². The summed E-state index contributed by atoms with van der Waals surface area (Å²) in [6.07, 6.45) is 2.13. The first-order chi connectivity index (χ1) is 16.2. The van der Waals surface area contributed by atoms with Gasteiger partial charge in [-0.3, -0.25) is 9.59 Å². The number of piperazine rings is 1. The quantitative estimate of drug-likeness (QED) is 0.560. The van der Waals surface area contributed by atoms with Crippen molar-refractivity contribution in [2.75, 3.05) is 42.9 Å². The number of para-hydroxylation sites is 1. The topological polar surface area (TPSA) is 77.6 Å². The number of anilines is 2. The summed E-state index contributed by atoms with van der Waals surface area (Å²) in [4.78, 5) is 34.2. The molecule has 7 nitrogen and oxygen atoms in total. The Balaban J connectivity index is 1.30. The van der Waals surface area contributed by atoms with Crippen LogP contribution < -0.4 is 15.5 Å². The van der Waals surface area contributed by atoms with Crippen molar-refractivity contribution in [3.05, 3.63) is 90.6 Å². The van der Waals surface area contributed by atoms with Gasteiger partial charge < -0.3 is 20.4 Å². The monoisotopic (exact) mass is 443 g/mol. The molecule has 1 unspecified atom stereocenters. The molecule has 2 heterocycles. The van der Waals surface area contributed by atoms with Crippen LogP contribution in [-0.4, -0.2) is 54.4 Å². The van der Waals surface area contributed by atoms with E-state index in [1.807, 2.05) is 83.8 Å². The van der Waals surface area contributed by atoms with Crippen LogP contribution in [0.4, 0.5) is 11.5 Å². The zero-order valence-electron chi connectivity index (χ0n) is 18.6. The first-order valence-corrected chi connectivity index (χ1v) is 11.3. The summed E-state index contributed by atoms with van der Waals surface area (Å²) >= 11 is 0. The second kappa shape index (κ2) is 11.2. The minimum atomic E-state index is -0.541.